The van der Waals surface area contributed by atoms with Crippen LogP contribution in [0, 0.1) is 17.2 Å². The van der Waals surface area contributed by atoms with Crippen LogP contribution in [0.2, 0.25) is 0 Å². The van der Waals surface area contributed by atoms with Crippen molar-refractivity contribution in [2.24, 2.45) is 5.92 Å². The highest BCUT2D eigenvalue weighted by Crippen LogP contribution is 2.25. The Hall–Kier alpha value is -1.86. The quantitative estimate of drug-likeness (QED) is 0.793. The Balaban J connectivity index is 2.33. The molecule has 0 unspecified atom stereocenters. The zero-order valence-electron chi connectivity index (χ0n) is 11.0. The van der Waals surface area contributed by atoms with E-state index in [1.54, 1.807) is 18.0 Å². The Kier molecular flexibility index (Phi) is 4.53. The van der Waals surface area contributed by atoms with Gasteiger partial charge in [0.2, 0.25) is 0 Å². The highest BCUT2D eigenvalue weighted by Gasteiger charge is 2.09. The minimum atomic E-state index is 0.567. The van der Waals surface area contributed by atoms with Crippen molar-refractivity contribution in [1.29, 1.82) is 5.26 Å². The monoisotopic (exact) mass is 269 g/mol. The summed E-state index contributed by atoms with van der Waals surface area (Å²) < 4.78 is 0. The Morgan fingerprint density at radius 3 is 2.68 bits per heavy atom. The molecule has 0 aromatic carbocycles. The van der Waals surface area contributed by atoms with Crippen LogP contribution in [0.1, 0.15) is 19.4 Å². The molecule has 0 fully saturated rings. The second-order valence-electron chi connectivity index (χ2n) is 4.58. The second kappa shape index (κ2) is 6.35. The second-order valence-corrected chi connectivity index (χ2v) is 5.59. The third-order valence-corrected chi connectivity index (χ3v) is 3.88. The van der Waals surface area contributed by atoms with Crippen LogP contribution < -0.4 is 0 Å². The van der Waals surface area contributed by atoms with Crippen molar-refractivity contribution >= 4 is 11.8 Å². The van der Waals surface area contributed by atoms with Gasteiger partial charge in [-0.05, 0) is 30.2 Å². The van der Waals surface area contributed by atoms with E-state index in [2.05, 4.69) is 29.9 Å². The molecule has 2 aromatic heterocycles. The highest BCUT2D eigenvalue weighted by molar-refractivity contribution is 7.99. The highest BCUT2D eigenvalue weighted by atomic mass is 32.2. The van der Waals surface area contributed by atoms with Crippen LogP contribution in [-0.4, -0.2) is 15.7 Å². The third-order valence-electron chi connectivity index (χ3n) is 2.46. The van der Waals surface area contributed by atoms with E-state index in [-0.39, 0.29) is 0 Å². The molecule has 0 aliphatic rings. The predicted octanol–water partition coefficient (Wildman–Crippen LogP) is 3.76. The van der Waals surface area contributed by atoms with Gasteiger partial charge in [0.05, 0.1) is 17.0 Å². The van der Waals surface area contributed by atoms with Gasteiger partial charge in [-0.1, -0.05) is 19.9 Å². The number of pyridine rings is 2. The number of thioether (sulfide) groups is 1. The van der Waals surface area contributed by atoms with E-state index in [4.69, 9.17) is 5.26 Å². The minimum absolute atomic E-state index is 0.567. The standard InChI is InChI=1S/C15H15N3S/c1-11(2)10-19-15-12(9-16)6-7-14(18-15)13-5-3-4-8-17-13/h3-8,11H,10H2,1-2H3. The number of hydrogen-bond donors (Lipinski definition) is 0. The fourth-order valence-corrected chi connectivity index (χ4v) is 2.46. The maximum absolute atomic E-state index is 9.13. The van der Waals surface area contributed by atoms with Gasteiger partial charge >= 0.3 is 0 Å². The lowest BCUT2D eigenvalue weighted by Gasteiger charge is -2.07. The van der Waals surface area contributed by atoms with Crippen LogP contribution in [0.4, 0.5) is 0 Å². The number of hydrogen-bond acceptors (Lipinski definition) is 4. The molecular weight excluding hydrogens is 254 g/mol. The minimum Gasteiger partial charge on any atom is -0.255 e. The first-order valence-corrected chi connectivity index (χ1v) is 7.14. The number of nitriles is 1. The van der Waals surface area contributed by atoms with Gasteiger partial charge in [0, 0.05) is 11.9 Å². The van der Waals surface area contributed by atoms with Crippen LogP contribution in [0.15, 0.2) is 41.6 Å². The average molecular weight is 269 g/mol. The van der Waals surface area contributed by atoms with Crippen molar-refractivity contribution in [3.05, 3.63) is 42.1 Å². The molecule has 2 heterocycles. The molecule has 19 heavy (non-hydrogen) atoms. The summed E-state index contributed by atoms with van der Waals surface area (Å²) in [6, 6.07) is 11.6. The van der Waals surface area contributed by atoms with E-state index in [9.17, 15) is 0 Å². The van der Waals surface area contributed by atoms with E-state index in [1.807, 2.05) is 30.3 Å². The molecule has 0 saturated carbocycles. The molecule has 0 aliphatic heterocycles. The molecule has 3 nitrogen and oxygen atoms in total. The van der Waals surface area contributed by atoms with Gasteiger partial charge in [0.25, 0.3) is 0 Å². The van der Waals surface area contributed by atoms with Crippen molar-refractivity contribution in [2.45, 2.75) is 18.9 Å². The summed E-state index contributed by atoms with van der Waals surface area (Å²) in [5, 5.41) is 9.92. The molecule has 0 spiro atoms. The third kappa shape index (κ3) is 3.55. The van der Waals surface area contributed by atoms with Crippen LogP contribution in [0.3, 0.4) is 0 Å². The first kappa shape index (κ1) is 13.6. The maximum atomic E-state index is 9.13. The summed E-state index contributed by atoms with van der Waals surface area (Å²) in [5.41, 5.74) is 2.27. The Morgan fingerprint density at radius 2 is 2.05 bits per heavy atom. The van der Waals surface area contributed by atoms with Gasteiger partial charge in [-0.3, -0.25) is 4.98 Å². The van der Waals surface area contributed by atoms with E-state index >= 15 is 0 Å². The van der Waals surface area contributed by atoms with Crippen LogP contribution in [-0.2, 0) is 0 Å². The van der Waals surface area contributed by atoms with Crippen LogP contribution in [0.25, 0.3) is 11.4 Å². The van der Waals surface area contributed by atoms with E-state index < -0.39 is 0 Å². The summed E-state index contributed by atoms with van der Waals surface area (Å²) in [5.74, 6) is 1.52. The van der Waals surface area contributed by atoms with Gasteiger partial charge in [-0.15, -0.1) is 11.8 Å². The molecule has 2 aromatic rings. The predicted molar refractivity (Wildman–Crippen MR) is 77.7 cm³/mol. The Labute approximate surface area is 117 Å². The maximum Gasteiger partial charge on any atom is 0.115 e. The summed E-state index contributed by atoms with van der Waals surface area (Å²) in [7, 11) is 0. The molecule has 0 atom stereocenters. The number of aromatic nitrogens is 2. The van der Waals surface area contributed by atoms with Crippen LogP contribution >= 0.6 is 11.8 Å². The lowest BCUT2D eigenvalue weighted by molar-refractivity contribution is 0.749. The van der Waals surface area contributed by atoms with Gasteiger partial charge in [-0.25, -0.2) is 4.98 Å². The molecular formula is C15H15N3S. The SMILES string of the molecule is CC(C)CSc1nc(-c2ccccn2)ccc1C#N. The molecule has 0 aliphatic carbocycles. The summed E-state index contributed by atoms with van der Waals surface area (Å²) in [6.45, 7) is 4.31. The van der Waals surface area contributed by atoms with Crippen molar-refractivity contribution in [2.75, 3.05) is 5.75 Å². The first-order valence-electron chi connectivity index (χ1n) is 6.16. The zero-order chi connectivity index (χ0) is 13.7. The summed E-state index contributed by atoms with van der Waals surface area (Å²) >= 11 is 1.63. The lowest BCUT2D eigenvalue weighted by atomic mass is 10.2. The molecule has 96 valence electrons. The van der Waals surface area contributed by atoms with Gasteiger partial charge in [-0.2, -0.15) is 5.26 Å². The van der Waals surface area contributed by atoms with Gasteiger partial charge in [0.1, 0.15) is 11.1 Å². The Morgan fingerprint density at radius 1 is 1.21 bits per heavy atom. The van der Waals surface area contributed by atoms with E-state index in [0.29, 0.717) is 11.5 Å². The number of nitrogens with zero attached hydrogens (tertiary/aromatic N) is 3. The van der Waals surface area contributed by atoms with E-state index in [0.717, 1.165) is 22.2 Å². The molecule has 2 rings (SSSR count). The fraction of sp³-hybridized carbons (Fsp3) is 0.267. The molecule has 4 heteroatoms. The lowest BCUT2D eigenvalue weighted by Crippen LogP contribution is -1.96. The topological polar surface area (TPSA) is 49.6 Å². The fourth-order valence-electron chi connectivity index (χ4n) is 1.54. The Bertz CT molecular complexity index is 588. The van der Waals surface area contributed by atoms with Crippen molar-refractivity contribution in [1.82, 2.24) is 9.97 Å². The normalized spacial score (nSPS) is 10.4. The molecule has 0 saturated heterocycles. The first-order chi connectivity index (χ1) is 9.20. The van der Waals surface area contributed by atoms with Gasteiger partial charge in [0.15, 0.2) is 0 Å². The van der Waals surface area contributed by atoms with Crippen molar-refractivity contribution < 1.29 is 0 Å². The molecule has 0 amide bonds. The van der Waals surface area contributed by atoms with Crippen LogP contribution in [0.5, 0.6) is 0 Å². The number of rotatable bonds is 4. The summed E-state index contributed by atoms with van der Waals surface area (Å²) in [4.78, 5) is 8.85. The van der Waals surface area contributed by atoms with E-state index in [1.165, 1.54) is 0 Å². The smallest absolute Gasteiger partial charge is 0.115 e. The largest absolute Gasteiger partial charge is 0.255 e. The van der Waals surface area contributed by atoms with Crippen molar-refractivity contribution in [3.8, 4) is 17.5 Å². The molecule has 0 N–H and O–H groups in total. The zero-order valence-corrected chi connectivity index (χ0v) is 11.8. The van der Waals surface area contributed by atoms with Gasteiger partial charge < -0.3 is 0 Å². The summed E-state index contributed by atoms with van der Waals surface area (Å²) in [6.07, 6.45) is 1.75. The molecule has 0 radical (unpaired) electrons. The molecule has 0 bridgehead atoms. The van der Waals surface area contributed by atoms with Crippen molar-refractivity contribution in [3.63, 3.8) is 0 Å². The average Bonchev–Trinajstić information content (AvgIpc) is 2.45.